The highest BCUT2D eigenvalue weighted by molar-refractivity contribution is 9.10. The Bertz CT molecular complexity index is 1240. The number of pyridine rings is 1. The fraction of sp³-hybridized carbons (Fsp3) is 0.318. The smallest absolute Gasteiger partial charge is 0.240 e. The number of azo groups is 1. The highest BCUT2D eigenvalue weighted by Gasteiger charge is 2.14. The molecular weight excluding hydrogens is 508 g/mol. The van der Waals surface area contributed by atoms with E-state index in [1.54, 1.807) is 18.3 Å². The predicted molar refractivity (Wildman–Crippen MR) is 132 cm³/mol. The van der Waals surface area contributed by atoms with Gasteiger partial charge in [0.1, 0.15) is 5.69 Å². The van der Waals surface area contributed by atoms with Gasteiger partial charge >= 0.3 is 0 Å². The van der Waals surface area contributed by atoms with Crippen molar-refractivity contribution < 1.29 is 13.2 Å². The number of fused-ring (bicyclic) bond motifs is 1. The van der Waals surface area contributed by atoms with Crippen LogP contribution in [0.3, 0.4) is 0 Å². The van der Waals surface area contributed by atoms with Crippen molar-refractivity contribution in [3.8, 4) is 0 Å². The predicted octanol–water partition coefficient (Wildman–Crippen LogP) is 4.00. The minimum atomic E-state index is -3.59. The van der Waals surface area contributed by atoms with Crippen molar-refractivity contribution in [1.82, 2.24) is 14.6 Å². The van der Waals surface area contributed by atoms with Gasteiger partial charge in [-0.05, 0) is 49.4 Å². The first-order chi connectivity index (χ1) is 15.9. The Morgan fingerprint density at radius 2 is 1.88 bits per heavy atom. The number of nitrogens with two attached hydrogens (primary N) is 1. The van der Waals surface area contributed by atoms with E-state index in [1.807, 2.05) is 18.2 Å². The Hall–Kier alpha value is -2.44. The van der Waals surface area contributed by atoms with E-state index in [1.165, 1.54) is 12.1 Å². The second-order valence-corrected chi connectivity index (χ2v) is 10.3. The lowest BCUT2D eigenvalue weighted by molar-refractivity contribution is 0.0376. The minimum Gasteiger partial charge on any atom is -0.382 e. The van der Waals surface area contributed by atoms with Crippen molar-refractivity contribution in [2.45, 2.75) is 11.3 Å². The Morgan fingerprint density at radius 1 is 1.12 bits per heavy atom. The molecule has 0 unspecified atom stereocenters. The zero-order valence-corrected chi connectivity index (χ0v) is 20.3. The SMILES string of the molecule is Nc1ncc2ccc(Br)cc2c1/N=N/c1ccc(S(=O)(=O)NCCCN2CCOCC2)cc1. The van der Waals surface area contributed by atoms with Gasteiger partial charge in [0, 0.05) is 41.1 Å². The molecular formula is C22H25BrN6O3S. The van der Waals surface area contributed by atoms with E-state index in [2.05, 4.69) is 40.8 Å². The molecule has 2 heterocycles. The molecule has 1 aromatic heterocycles. The third kappa shape index (κ3) is 6.12. The van der Waals surface area contributed by atoms with Crippen molar-refractivity contribution in [3.63, 3.8) is 0 Å². The van der Waals surface area contributed by atoms with E-state index in [4.69, 9.17) is 10.5 Å². The van der Waals surface area contributed by atoms with Crippen LogP contribution in [-0.2, 0) is 14.8 Å². The van der Waals surface area contributed by atoms with Crippen LogP contribution in [0.25, 0.3) is 10.8 Å². The van der Waals surface area contributed by atoms with Crippen LogP contribution in [0.5, 0.6) is 0 Å². The van der Waals surface area contributed by atoms with Crippen LogP contribution in [0, 0.1) is 0 Å². The maximum absolute atomic E-state index is 12.6. The summed E-state index contributed by atoms with van der Waals surface area (Å²) in [4.78, 5) is 6.63. The Kier molecular flexibility index (Phi) is 7.66. The quantitative estimate of drug-likeness (QED) is 0.334. The van der Waals surface area contributed by atoms with Crippen LogP contribution in [0.1, 0.15) is 6.42 Å². The third-order valence-corrected chi connectivity index (χ3v) is 7.29. The first kappa shape index (κ1) is 23.7. The summed E-state index contributed by atoms with van der Waals surface area (Å²) in [6.45, 7) is 4.46. The molecule has 11 heteroatoms. The van der Waals surface area contributed by atoms with Crippen molar-refractivity contribution in [2.24, 2.45) is 10.2 Å². The molecule has 1 saturated heterocycles. The summed E-state index contributed by atoms with van der Waals surface area (Å²) >= 11 is 3.45. The van der Waals surface area contributed by atoms with Crippen molar-refractivity contribution in [3.05, 3.63) is 53.1 Å². The number of aromatic nitrogens is 1. The standard InChI is InChI=1S/C22H25BrN6O3S/c23-17-3-2-16-15-25-22(24)21(20(16)14-17)28-27-18-4-6-19(7-5-18)33(30,31)26-8-1-9-29-10-12-32-13-11-29/h2-7,14-15,26H,1,8-13H2,(H2,24,25)/b28-27+. The summed E-state index contributed by atoms with van der Waals surface area (Å²) in [6.07, 6.45) is 2.42. The zero-order chi connectivity index (χ0) is 23.3. The molecule has 0 radical (unpaired) electrons. The summed E-state index contributed by atoms with van der Waals surface area (Å²) in [6, 6.07) is 12.0. The lowest BCUT2D eigenvalue weighted by Gasteiger charge is -2.26. The van der Waals surface area contributed by atoms with Gasteiger partial charge in [0.15, 0.2) is 5.82 Å². The molecule has 1 aliphatic rings. The molecule has 174 valence electrons. The normalized spacial score (nSPS) is 15.4. The second-order valence-electron chi connectivity index (χ2n) is 7.62. The van der Waals surface area contributed by atoms with Crippen molar-refractivity contribution in [1.29, 1.82) is 0 Å². The van der Waals surface area contributed by atoms with E-state index < -0.39 is 10.0 Å². The van der Waals surface area contributed by atoms with Crippen molar-refractivity contribution >= 4 is 53.9 Å². The largest absolute Gasteiger partial charge is 0.382 e. The highest BCUT2D eigenvalue weighted by Crippen LogP contribution is 2.33. The molecule has 0 atom stereocenters. The van der Waals surface area contributed by atoms with Crippen LogP contribution in [0.15, 0.2) is 68.3 Å². The number of ether oxygens (including phenoxy) is 1. The zero-order valence-electron chi connectivity index (χ0n) is 17.9. The second kappa shape index (κ2) is 10.7. The van der Waals surface area contributed by atoms with Crippen LogP contribution >= 0.6 is 15.9 Å². The van der Waals surface area contributed by atoms with E-state index >= 15 is 0 Å². The summed E-state index contributed by atoms with van der Waals surface area (Å²) < 4.78 is 34.0. The molecule has 0 amide bonds. The molecule has 3 N–H and O–H groups in total. The molecule has 1 fully saturated rings. The number of morpholine rings is 1. The number of nitrogens with zero attached hydrogens (tertiary/aromatic N) is 4. The first-order valence-electron chi connectivity index (χ1n) is 10.6. The molecule has 0 aliphatic carbocycles. The van der Waals surface area contributed by atoms with Crippen LogP contribution in [0.2, 0.25) is 0 Å². The molecule has 9 nitrogen and oxygen atoms in total. The van der Waals surface area contributed by atoms with Crippen LogP contribution in [0.4, 0.5) is 17.2 Å². The van der Waals surface area contributed by atoms with Gasteiger partial charge in [-0.3, -0.25) is 4.90 Å². The van der Waals surface area contributed by atoms with Gasteiger partial charge in [0.05, 0.1) is 23.8 Å². The topological polar surface area (TPSA) is 122 Å². The maximum Gasteiger partial charge on any atom is 0.240 e. The summed E-state index contributed by atoms with van der Waals surface area (Å²) in [5.41, 5.74) is 6.98. The Labute approximate surface area is 201 Å². The van der Waals surface area contributed by atoms with Gasteiger partial charge in [-0.2, -0.15) is 5.11 Å². The average Bonchev–Trinajstić information content (AvgIpc) is 2.82. The lowest BCUT2D eigenvalue weighted by atomic mass is 10.1. The third-order valence-electron chi connectivity index (χ3n) is 5.32. The van der Waals surface area contributed by atoms with E-state index in [-0.39, 0.29) is 10.7 Å². The Balaban J connectivity index is 1.40. The van der Waals surface area contributed by atoms with Gasteiger partial charge < -0.3 is 10.5 Å². The van der Waals surface area contributed by atoms with Gasteiger partial charge in [-0.15, -0.1) is 5.11 Å². The number of nitrogen functional groups attached to an aromatic ring is 1. The molecule has 2 aromatic carbocycles. The van der Waals surface area contributed by atoms with Crippen molar-refractivity contribution in [2.75, 3.05) is 45.1 Å². The van der Waals surface area contributed by atoms with Gasteiger partial charge in [-0.1, -0.05) is 22.0 Å². The monoisotopic (exact) mass is 532 g/mol. The number of hydrogen-bond acceptors (Lipinski definition) is 8. The fourth-order valence-corrected chi connectivity index (χ4v) is 4.94. The summed E-state index contributed by atoms with van der Waals surface area (Å²) in [7, 11) is -3.59. The van der Waals surface area contributed by atoms with Crippen LogP contribution in [-0.4, -0.2) is 57.7 Å². The average molecular weight is 533 g/mol. The molecule has 0 saturated carbocycles. The Morgan fingerprint density at radius 3 is 2.64 bits per heavy atom. The molecule has 0 bridgehead atoms. The van der Waals surface area contributed by atoms with E-state index in [0.717, 1.165) is 54.5 Å². The molecule has 0 spiro atoms. The van der Waals surface area contributed by atoms with E-state index in [9.17, 15) is 8.42 Å². The number of hydrogen-bond donors (Lipinski definition) is 2. The summed E-state index contributed by atoms with van der Waals surface area (Å²) in [5, 5.41) is 10.2. The van der Waals surface area contributed by atoms with E-state index in [0.29, 0.717) is 17.9 Å². The van der Waals surface area contributed by atoms with Gasteiger partial charge in [0.25, 0.3) is 0 Å². The van der Waals surface area contributed by atoms with Gasteiger partial charge in [-0.25, -0.2) is 18.1 Å². The first-order valence-corrected chi connectivity index (χ1v) is 12.9. The number of benzene rings is 2. The van der Waals surface area contributed by atoms with Gasteiger partial charge in [0.2, 0.25) is 10.0 Å². The summed E-state index contributed by atoms with van der Waals surface area (Å²) in [5.74, 6) is 0.268. The number of rotatable bonds is 8. The molecule has 3 aromatic rings. The number of nitrogens with one attached hydrogen (secondary N) is 1. The molecule has 1 aliphatic heterocycles. The number of halogens is 1. The number of anilines is 1. The maximum atomic E-state index is 12.6. The minimum absolute atomic E-state index is 0.183. The molecule has 33 heavy (non-hydrogen) atoms. The lowest BCUT2D eigenvalue weighted by Crippen LogP contribution is -2.38. The molecule has 4 rings (SSSR count). The van der Waals surface area contributed by atoms with Crippen LogP contribution < -0.4 is 10.5 Å². The fourth-order valence-electron chi connectivity index (χ4n) is 3.51. The number of sulfonamides is 1. The highest BCUT2D eigenvalue weighted by atomic mass is 79.9.